The molecule has 2 aromatic heterocycles. The van der Waals surface area contributed by atoms with E-state index in [0.29, 0.717) is 5.39 Å². The van der Waals surface area contributed by atoms with Gasteiger partial charge >= 0.3 is 11.9 Å². The second-order valence-electron chi connectivity index (χ2n) is 3.64. The third-order valence-corrected chi connectivity index (χ3v) is 2.41. The zero-order valence-electron chi connectivity index (χ0n) is 10.6. The minimum Gasteiger partial charge on any atom is -0.462 e. The lowest BCUT2D eigenvalue weighted by atomic mass is 10.1. The third-order valence-electron chi connectivity index (χ3n) is 2.41. The van der Waals surface area contributed by atoms with Crippen LogP contribution in [0.3, 0.4) is 0 Å². The van der Waals surface area contributed by atoms with Gasteiger partial charge in [-0.2, -0.15) is 0 Å². The van der Waals surface area contributed by atoms with Gasteiger partial charge in [0.25, 0.3) is 0 Å². The molecule has 0 fully saturated rings. The van der Waals surface area contributed by atoms with Crippen LogP contribution < -0.4 is 0 Å². The highest BCUT2D eigenvalue weighted by atomic mass is 16.5. The molecule has 2 rings (SSSR count). The van der Waals surface area contributed by atoms with E-state index in [-0.39, 0.29) is 30.2 Å². The van der Waals surface area contributed by atoms with E-state index >= 15 is 0 Å². The second kappa shape index (κ2) is 5.51. The molecule has 0 aromatic carbocycles. The molecule has 0 N–H and O–H groups in total. The molecule has 2 aromatic rings. The molecule has 0 aliphatic carbocycles. The molecule has 0 bridgehead atoms. The minimum absolute atomic E-state index is 0.0780. The predicted octanol–water partition coefficient (Wildman–Crippen LogP) is 2.18. The SMILES string of the molecule is CCOC(=O)c1cc2ccoc2nc1C(=O)OCC. The highest BCUT2D eigenvalue weighted by molar-refractivity contribution is 6.04. The molecule has 0 spiro atoms. The minimum atomic E-state index is -0.677. The van der Waals surface area contributed by atoms with E-state index in [1.54, 1.807) is 19.9 Å². The Bertz CT molecular complexity index is 565. The number of carbonyl (C=O) groups is 2. The fourth-order valence-electron chi connectivity index (χ4n) is 1.62. The number of hydrogen-bond donors (Lipinski definition) is 0. The maximum Gasteiger partial charge on any atom is 0.357 e. The normalized spacial score (nSPS) is 10.4. The Labute approximate surface area is 109 Å². The van der Waals surface area contributed by atoms with E-state index in [2.05, 4.69) is 4.98 Å². The molecule has 0 amide bonds. The summed E-state index contributed by atoms with van der Waals surface area (Å²) in [5.41, 5.74) is 0.257. The van der Waals surface area contributed by atoms with Crippen molar-refractivity contribution in [3.63, 3.8) is 0 Å². The Balaban J connectivity index is 2.53. The molecule has 0 saturated heterocycles. The quantitative estimate of drug-likeness (QED) is 0.787. The molecule has 2 heterocycles. The van der Waals surface area contributed by atoms with E-state index in [4.69, 9.17) is 13.9 Å². The number of esters is 2. The summed E-state index contributed by atoms with van der Waals surface area (Å²) in [6, 6.07) is 3.16. The van der Waals surface area contributed by atoms with Gasteiger partial charge in [0.2, 0.25) is 5.71 Å². The van der Waals surface area contributed by atoms with Gasteiger partial charge < -0.3 is 13.9 Å². The van der Waals surface area contributed by atoms with Gasteiger partial charge in [-0.1, -0.05) is 0 Å². The summed E-state index contributed by atoms with van der Waals surface area (Å²) in [5.74, 6) is -1.29. The van der Waals surface area contributed by atoms with Crippen LogP contribution in [0.25, 0.3) is 11.1 Å². The number of nitrogens with zero attached hydrogens (tertiary/aromatic N) is 1. The maximum absolute atomic E-state index is 11.8. The monoisotopic (exact) mass is 263 g/mol. The summed E-state index contributed by atoms with van der Waals surface area (Å²) in [6.07, 6.45) is 1.43. The van der Waals surface area contributed by atoms with Crippen LogP contribution in [0, 0.1) is 0 Å². The smallest absolute Gasteiger partial charge is 0.357 e. The first-order valence-corrected chi connectivity index (χ1v) is 5.89. The average Bonchev–Trinajstić information content (AvgIpc) is 2.85. The van der Waals surface area contributed by atoms with Crippen LogP contribution in [0.2, 0.25) is 0 Å². The van der Waals surface area contributed by atoms with Crippen LogP contribution in [-0.2, 0) is 9.47 Å². The van der Waals surface area contributed by atoms with E-state index in [9.17, 15) is 9.59 Å². The third kappa shape index (κ3) is 2.57. The lowest BCUT2D eigenvalue weighted by Gasteiger charge is -2.07. The van der Waals surface area contributed by atoms with Gasteiger partial charge in [0, 0.05) is 5.39 Å². The van der Waals surface area contributed by atoms with E-state index in [0.717, 1.165) is 0 Å². The molecule has 19 heavy (non-hydrogen) atoms. The Morgan fingerprint density at radius 3 is 2.58 bits per heavy atom. The summed E-state index contributed by atoms with van der Waals surface area (Å²) in [7, 11) is 0. The summed E-state index contributed by atoms with van der Waals surface area (Å²) >= 11 is 0. The van der Waals surface area contributed by atoms with Crippen molar-refractivity contribution in [2.45, 2.75) is 13.8 Å². The van der Waals surface area contributed by atoms with Gasteiger partial charge in [-0.15, -0.1) is 0 Å². The molecule has 0 radical (unpaired) electrons. The zero-order valence-corrected chi connectivity index (χ0v) is 10.6. The zero-order chi connectivity index (χ0) is 13.8. The van der Waals surface area contributed by atoms with Crippen LogP contribution in [-0.4, -0.2) is 30.1 Å². The van der Waals surface area contributed by atoms with Crippen molar-refractivity contribution in [1.82, 2.24) is 4.98 Å². The molecule has 0 atom stereocenters. The fourth-order valence-corrected chi connectivity index (χ4v) is 1.62. The van der Waals surface area contributed by atoms with Crippen LogP contribution in [0.5, 0.6) is 0 Å². The van der Waals surface area contributed by atoms with Gasteiger partial charge in [-0.25, -0.2) is 14.6 Å². The topological polar surface area (TPSA) is 78.6 Å². The average molecular weight is 263 g/mol. The van der Waals surface area contributed by atoms with Gasteiger partial charge in [-0.05, 0) is 26.0 Å². The van der Waals surface area contributed by atoms with E-state index in [1.165, 1.54) is 12.3 Å². The standard InChI is InChI=1S/C13H13NO5/c1-3-17-12(15)9-7-8-5-6-19-11(8)14-10(9)13(16)18-4-2/h5-7H,3-4H2,1-2H3. The summed E-state index contributed by atoms with van der Waals surface area (Å²) in [6.45, 7) is 3.77. The first-order chi connectivity index (χ1) is 9.17. The summed E-state index contributed by atoms with van der Waals surface area (Å²) in [5, 5.41) is 0.621. The number of furan rings is 1. The molecule has 6 heteroatoms. The maximum atomic E-state index is 11.8. The van der Waals surface area contributed by atoms with Crippen molar-refractivity contribution < 1.29 is 23.5 Å². The largest absolute Gasteiger partial charge is 0.462 e. The molecule has 0 unspecified atom stereocenters. The van der Waals surface area contributed by atoms with Crippen LogP contribution in [0.4, 0.5) is 0 Å². The van der Waals surface area contributed by atoms with Crippen LogP contribution in [0.1, 0.15) is 34.7 Å². The van der Waals surface area contributed by atoms with Gasteiger partial charge in [0.15, 0.2) is 5.69 Å². The van der Waals surface area contributed by atoms with Gasteiger partial charge in [0.05, 0.1) is 25.0 Å². The molecule has 0 aliphatic rings. The van der Waals surface area contributed by atoms with Gasteiger partial charge in [-0.3, -0.25) is 0 Å². The Hall–Kier alpha value is -2.37. The van der Waals surface area contributed by atoms with Crippen molar-refractivity contribution in [2.24, 2.45) is 0 Å². The Morgan fingerprint density at radius 1 is 1.21 bits per heavy atom. The highest BCUT2D eigenvalue weighted by Crippen LogP contribution is 2.19. The highest BCUT2D eigenvalue weighted by Gasteiger charge is 2.22. The molecular weight excluding hydrogens is 250 g/mol. The first-order valence-electron chi connectivity index (χ1n) is 5.89. The van der Waals surface area contributed by atoms with E-state index in [1.807, 2.05) is 0 Å². The lowest BCUT2D eigenvalue weighted by molar-refractivity contribution is 0.0473. The number of fused-ring (bicyclic) bond motifs is 1. The van der Waals surface area contributed by atoms with E-state index < -0.39 is 11.9 Å². The van der Waals surface area contributed by atoms with Crippen LogP contribution in [0.15, 0.2) is 22.8 Å². The molecule has 0 aliphatic heterocycles. The predicted molar refractivity (Wildman–Crippen MR) is 65.9 cm³/mol. The Morgan fingerprint density at radius 2 is 1.89 bits per heavy atom. The number of pyridine rings is 1. The molecule has 100 valence electrons. The van der Waals surface area contributed by atoms with Crippen molar-refractivity contribution in [2.75, 3.05) is 13.2 Å². The number of carbonyl (C=O) groups excluding carboxylic acids is 2. The molecular formula is C13H13NO5. The summed E-state index contributed by atoms with van der Waals surface area (Å²) < 4.78 is 14.9. The van der Waals surface area contributed by atoms with Crippen molar-refractivity contribution >= 4 is 23.0 Å². The number of hydrogen-bond acceptors (Lipinski definition) is 6. The number of rotatable bonds is 4. The summed E-state index contributed by atoms with van der Waals surface area (Å²) in [4.78, 5) is 27.7. The fraction of sp³-hybridized carbons (Fsp3) is 0.308. The molecule has 0 saturated carbocycles. The van der Waals surface area contributed by atoms with Crippen molar-refractivity contribution in [1.29, 1.82) is 0 Å². The van der Waals surface area contributed by atoms with Gasteiger partial charge in [0.1, 0.15) is 0 Å². The van der Waals surface area contributed by atoms with Crippen LogP contribution >= 0.6 is 0 Å². The number of ether oxygens (including phenoxy) is 2. The lowest BCUT2D eigenvalue weighted by Crippen LogP contribution is -2.16. The number of aromatic nitrogens is 1. The first kappa shape index (κ1) is 13.1. The Kier molecular flexibility index (Phi) is 3.79. The van der Waals surface area contributed by atoms with Crippen molar-refractivity contribution in [3.8, 4) is 0 Å². The van der Waals surface area contributed by atoms with Crippen molar-refractivity contribution in [3.05, 3.63) is 29.7 Å². The second-order valence-corrected chi connectivity index (χ2v) is 3.64. The molecule has 6 nitrogen and oxygen atoms in total.